The van der Waals surface area contributed by atoms with E-state index in [1.807, 2.05) is 5.32 Å². The second-order valence-electron chi connectivity index (χ2n) is 6.35. The lowest BCUT2D eigenvalue weighted by atomic mass is 9.99. The van der Waals surface area contributed by atoms with E-state index >= 15 is 0 Å². The highest BCUT2D eigenvalue weighted by Gasteiger charge is 2.74. The number of benzene rings is 2. The number of carbonyl (C=O) groups excluding carboxylic acids is 2. The van der Waals surface area contributed by atoms with Gasteiger partial charge in [-0.25, -0.2) is 0 Å². The summed E-state index contributed by atoms with van der Waals surface area (Å²) < 4.78 is 99.2. The molecule has 2 aromatic rings. The molecular formula is C19H15F7N2O3. The predicted molar refractivity (Wildman–Crippen MR) is 96.5 cm³/mol. The number of nitrogens with one attached hydrogen (secondary N) is 2. The van der Waals surface area contributed by atoms with Crippen LogP contribution in [-0.2, 0) is 15.5 Å². The molecule has 0 unspecified atom stereocenters. The van der Waals surface area contributed by atoms with Crippen molar-refractivity contribution in [3.8, 4) is 11.5 Å². The second-order valence-corrected chi connectivity index (χ2v) is 6.35. The molecule has 0 aliphatic rings. The summed E-state index contributed by atoms with van der Waals surface area (Å²) in [5.41, 5.74) is -1.92. The lowest BCUT2D eigenvalue weighted by Gasteiger charge is -2.29. The Morgan fingerprint density at radius 2 is 1.26 bits per heavy atom. The third-order valence-corrected chi connectivity index (χ3v) is 3.79. The molecule has 2 aromatic carbocycles. The van der Waals surface area contributed by atoms with E-state index in [4.69, 9.17) is 4.74 Å². The van der Waals surface area contributed by atoms with Gasteiger partial charge in [0.15, 0.2) is 0 Å². The van der Waals surface area contributed by atoms with Crippen LogP contribution in [0.3, 0.4) is 0 Å². The summed E-state index contributed by atoms with van der Waals surface area (Å²) in [6, 6.07) is 6.95. The first-order valence-corrected chi connectivity index (χ1v) is 8.45. The minimum absolute atomic E-state index is 0.186. The first-order chi connectivity index (χ1) is 14.1. The fourth-order valence-corrected chi connectivity index (χ4v) is 2.43. The predicted octanol–water partition coefficient (Wildman–Crippen LogP) is 5.69. The van der Waals surface area contributed by atoms with Crippen LogP contribution in [0, 0.1) is 0 Å². The molecule has 0 atom stereocenters. The van der Waals surface area contributed by atoms with Crippen LogP contribution < -0.4 is 15.4 Å². The molecule has 0 bridgehead atoms. The Kier molecular flexibility index (Phi) is 6.52. The summed E-state index contributed by atoms with van der Waals surface area (Å²) in [7, 11) is 0. The molecule has 0 heterocycles. The standard InChI is InChI=1S/C19H15F7N2O3/c1-10(29)27-12-3-6-14(7-4-12)31-16-8-5-13(28-11(2)30)9-15(16)17(20,21)18(22,23)19(24,25)26/h3-9H,1-2H3,(H,27,29)(H,28,30). The molecule has 168 valence electrons. The lowest BCUT2D eigenvalue weighted by Crippen LogP contribution is -2.50. The summed E-state index contributed by atoms with van der Waals surface area (Å²) in [4.78, 5) is 22.1. The Morgan fingerprint density at radius 3 is 1.74 bits per heavy atom. The summed E-state index contributed by atoms with van der Waals surface area (Å²) in [5.74, 6) is -14.5. The van der Waals surface area contributed by atoms with Gasteiger partial charge < -0.3 is 15.4 Å². The number of amides is 2. The van der Waals surface area contributed by atoms with Crippen LogP contribution in [0.2, 0.25) is 0 Å². The van der Waals surface area contributed by atoms with Crippen molar-refractivity contribution in [2.75, 3.05) is 10.6 Å². The minimum atomic E-state index is -6.56. The van der Waals surface area contributed by atoms with Crippen LogP contribution in [0.1, 0.15) is 19.4 Å². The molecule has 0 aliphatic carbocycles. The number of halogens is 7. The van der Waals surface area contributed by atoms with Crippen LogP contribution in [0.5, 0.6) is 11.5 Å². The van der Waals surface area contributed by atoms with Gasteiger partial charge in [0.1, 0.15) is 11.5 Å². The molecular weight excluding hydrogens is 437 g/mol. The van der Waals surface area contributed by atoms with Gasteiger partial charge in [-0.15, -0.1) is 0 Å². The molecule has 0 spiro atoms. The van der Waals surface area contributed by atoms with E-state index in [1.54, 1.807) is 0 Å². The van der Waals surface area contributed by atoms with Gasteiger partial charge in [0.25, 0.3) is 0 Å². The molecule has 0 fully saturated rings. The summed E-state index contributed by atoms with van der Waals surface area (Å²) in [6.07, 6.45) is -6.56. The van der Waals surface area contributed by atoms with Gasteiger partial charge >= 0.3 is 18.0 Å². The Bertz CT molecular complexity index is 973. The topological polar surface area (TPSA) is 67.4 Å². The van der Waals surface area contributed by atoms with Crippen molar-refractivity contribution in [1.29, 1.82) is 0 Å². The van der Waals surface area contributed by atoms with Crippen LogP contribution in [-0.4, -0.2) is 23.9 Å². The van der Waals surface area contributed by atoms with E-state index in [0.717, 1.165) is 19.1 Å². The van der Waals surface area contributed by atoms with E-state index in [2.05, 4.69) is 5.32 Å². The average molecular weight is 452 g/mol. The number of rotatable bonds is 6. The molecule has 0 saturated carbocycles. The van der Waals surface area contributed by atoms with E-state index < -0.39 is 46.8 Å². The van der Waals surface area contributed by atoms with E-state index in [0.29, 0.717) is 5.69 Å². The Labute approximate surface area is 171 Å². The highest BCUT2D eigenvalue weighted by molar-refractivity contribution is 5.89. The molecule has 2 N–H and O–H groups in total. The van der Waals surface area contributed by atoms with Gasteiger partial charge in [-0.05, 0) is 42.5 Å². The van der Waals surface area contributed by atoms with E-state index in [9.17, 15) is 40.3 Å². The van der Waals surface area contributed by atoms with Crippen molar-refractivity contribution in [1.82, 2.24) is 0 Å². The van der Waals surface area contributed by atoms with Crippen molar-refractivity contribution < 1.29 is 45.1 Å². The maximum atomic E-state index is 14.4. The number of hydrogen-bond acceptors (Lipinski definition) is 3. The number of alkyl halides is 7. The average Bonchev–Trinajstić information content (AvgIpc) is 2.62. The largest absolute Gasteiger partial charge is 0.460 e. The monoisotopic (exact) mass is 452 g/mol. The minimum Gasteiger partial charge on any atom is -0.457 e. The summed E-state index contributed by atoms with van der Waals surface area (Å²) in [5, 5.41) is 4.44. The van der Waals surface area contributed by atoms with Crippen molar-refractivity contribution in [3.63, 3.8) is 0 Å². The molecule has 0 aliphatic heterocycles. The molecule has 2 rings (SSSR count). The third kappa shape index (κ3) is 5.25. The second kappa shape index (κ2) is 8.44. The summed E-state index contributed by atoms with van der Waals surface area (Å²) >= 11 is 0. The first kappa shape index (κ1) is 24.0. The van der Waals surface area contributed by atoms with E-state index in [1.165, 1.54) is 31.2 Å². The normalized spacial score (nSPS) is 12.3. The van der Waals surface area contributed by atoms with Crippen molar-refractivity contribution in [2.24, 2.45) is 0 Å². The molecule has 0 radical (unpaired) electrons. The van der Waals surface area contributed by atoms with E-state index in [-0.39, 0.29) is 11.8 Å². The molecule has 31 heavy (non-hydrogen) atoms. The first-order valence-electron chi connectivity index (χ1n) is 8.45. The molecule has 12 heteroatoms. The van der Waals surface area contributed by atoms with Gasteiger partial charge in [-0.2, -0.15) is 30.7 Å². The van der Waals surface area contributed by atoms with Gasteiger partial charge in [-0.1, -0.05) is 0 Å². The van der Waals surface area contributed by atoms with Gasteiger partial charge in [0, 0.05) is 25.2 Å². The number of anilines is 2. The zero-order valence-electron chi connectivity index (χ0n) is 15.9. The molecule has 0 saturated heterocycles. The molecule has 0 aromatic heterocycles. The van der Waals surface area contributed by atoms with Crippen LogP contribution in [0.25, 0.3) is 0 Å². The van der Waals surface area contributed by atoms with Crippen molar-refractivity contribution in [2.45, 2.75) is 31.9 Å². The quantitative estimate of drug-likeness (QED) is 0.554. The van der Waals surface area contributed by atoms with Gasteiger partial charge in [0.2, 0.25) is 11.8 Å². The van der Waals surface area contributed by atoms with Crippen molar-refractivity contribution >= 4 is 23.2 Å². The van der Waals surface area contributed by atoms with Crippen LogP contribution >= 0.6 is 0 Å². The number of ether oxygens (including phenoxy) is 1. The Balaban J connectivity index is 2.52. The number of hydrogen-bond donors (Lipinski definition) is 2. The fourth-order valence-electron chi connectivity index (χ4n) is 2.43. The van der Waals surface area contributed by atoms with Crippen molar-refractivity contribution in [3.05, 3.63) is 48.0 Å². The highest BCUT2D eigenvalue weighted by Crippen LogP contribution is 2.54. The zero-order chi connectivity index (χ0) is 23.6. The van der Waals surface area contributed by atoms with Crippen LogP contribution in [0.15, 0.2) is 42.5 Å². The Morgan fingerprint density at radius 1 is 0.774 bits per heavy atom. The lowest BCUT2D eigenvalue weighted by molar-refractivity contribution is -0.359. The molecule has 5 nitrogen and oxygen atoms in total. The smallest absolute Gasteiger partial charge is 0.457 e. The molecule has 2 amide bonds. The van der Waals surface area contributed by atoms with Gasteiger partial charge in [0.05, 0.1) is 5.56 Å². The SMILES string of the molecule is CC(=O)Nc1ccc(Oc2ccc(NC(C)=O)cc2C(F)(F)C(F)(F)C(F)(F)F)cc1. The maximum Gasteiger partial charge on any atom is 0.460 e. The Hall–Kier alpha value is -3.31. The van der Waals surface area contributed by atoms with Crippen LogP contribution in [0.4, 0.5) is 42.1 Å². The maximum absolute atomic E-state index is 14.4. The third-order valence-electron chi connectivity index (χ3n) is 3.79. The zero-order valence-corrected chi connectivity index (χ0v) is 15.9. The summed E-state index contributed by atoms with van der Waals surface area (Å²) in [6.45, 7) is 2.22. The highest BCUT2D eigenvalue weighted by atomic mass is 19.4. The number of carbonyl (C=O) groups is 2. The fraction of sp³-hybridized carbons (Fsp3) is 0.263. The van der Waals surface area contributed by atoms with Gasteiger partial charge in [-0.3, -0.25) is 9.59 Å².